The van der Waals surface area contributed by atoms with Crippen molar-refractivity contribution in [2.45, 2.75) is 19.8 Å². The molecule has 0 saturated heterocycles. The molecule has 1 heterocycles. The van der Waals surface area contributed by atoms with Crippen LogP contribution in [0, 0.1) is 0 Å². The Hall–Kier alpha value is -1.64. The molecule has 0 N–H and O–H groups in total. The molecule has 15 heavy (non-hydrogen) atoms. The molecule has 1 rings (SSSR count). The second-order valence-electron chi connectivity index (χ2n) is 3.40. The summed E-state index contributed by atoms with van der Waals surface area (Å²) < 4.78 is 7.13. The van der Waals surface area contributed by atoms with Gasteiger partial charge in [-0.05, 0) is 6.42 Å². The van der Waals surface area contributed by atoms with E-state index >= 15 is 0 Å². The molecule has 1 aliphatic rings. The van der Waals surface area contributed by atoms with Gasteiger partial charge in [0.1, 0.15) is 12.8 Å². The van der Waals surface area contributed by atoms with E-state index in [1.165, 1.54) is 0 Å². The maximum atomic E-state index is 11.6. The van der Waals surface area contributed by atoms with E-state index in [2.05, 4.69) is 6.58 Å². The third-order valence-corrected chi connectivity index (χ3v) is 2.06. The normalized spacial score (nSPS) is 14.8. The number of carbonyl (C=O) groups excluding carboxylic acids is 1. The van der Waals surface area contributed by atoms with Gasteiger partial charge in [0.15, 0.2) is 18.3 Å². The van der Waals surface area contributed by atoms with Crippen molar-refractivity contribution >= 4 is 12.0 Å². The maximum Gasteiger partial charge on any atom is 0.203 e. The molecule has 0 aromatic rings. The molecule has 0 spiro atoms. The summed E-state index contributed by atoms with van der Waals surface area (Å²) >= 11 is 0. The van der Waals surface area contributed by atoms with Gasteiger partial charge >= 0.3 is 0 Å². The summed E-state index contributed by atoms with van der Waals surface area (Å²) in [4.78, 5) is 11.6. The fourth-order valence-corrected chi connectivity index (χ4v) is 1.16. The number of nitrogens with zero attached hydrogens (tertiary/aromatic N) is 1. The lowest BCUT2D eigenvalue weighted by molar-refractivity contribution is -0.416. The largest absolute Gasteiger partial charge is 0.458 e. The number of hydrogen-bond acceptors (Lipinski definition) is 2. The van der Waals surface area contributed by atoms with Crippen LogP contribution in [0.3, 0.4) is 0 Å². The lowest BCUT2D eigenvalue weighted by atomic mass is 10.1. The number of Topliss-reactive ketones (excluding diaryl/α,β-unsaturated/α-hetero) is 1. The van der Waals surface area contributed by atoms with Gasteiger partial charge in [-0.2, -0.15) is 0 Å². The summed E-state index contributed by atoms with van der Waals surface area (Å²) in [5.41, 5.74) is 0.438. The Morgan fingerprint density at radius 2 is 2.33 bits per heavy atom. The van der Waals surface area contributed by atoms with Crippen LogP contribution in [0.4, 0.5) is 0 Å². The predicted octanol–water partition coefficient (Wildman–Crippen LogP) is 2.01. The van der Waals surface area contributed by atoms with Gasteiger partial charge in [0.25, 0.3) is 0 Å². The lowest BCUT2D eigenvalue weighted by Crippen LogP contribution is -2.04. The van der Waals surface area contributed by atoms with Crippen LogP contribution in [-0.4, -0.2) is 23.6 Å². The Kier molecular flexibility index (Phi) is 4.03. The zero-order valence-corrected chi connectivity index (χ0v) is 9.19. The molecule has 0 aliphatic carbocycles. The van der Waals surface area contributed by atoms with Crippen molar-refractivity contribution in [2.24, 2.45) is 0 Å². The van der Waals surface area contributed by atoms with Crippen LogP contribution in [0.2, 0.25) is 0 Å². The summed E-state index contributed by atoms with van der Waals surface area (Å²) in [6.45, 7) is 5.71. The topological polar surface area (TPSA) is 29.3 Å². The zero-order chi connectivity index (χ0) is 11.3. The molecule has 3 heteroatoms. The Labute approximate surface area is 90.1 Å². The van der Waals surface area contributed by atoms with Gasteiger partial charge in [-0.15, -0.1) is 0 Å². The van der Waals surface area contributed by atoms with Crippen molar-refractivity contribution in [3.8, 4) is 0 Å². The molecule has 0 atom stereocenters. The van der Waals surface area contributed by atoms with Crippen LogP contribution in [-0.2, 0) is 9.53 Å². The number of ketones is 1. The maximum absolute atomic E-state index is 11.6. The Morgan fingerprint density at radius 1 is 1.60 bits per heavy atom. The summed E-state index contributed by atoms with van der Waals surface area (Å²) in [6, 6.07) is 0. The summed E-state index contributed by atoms with van der Waals surface area (Å²) in [6.07, 6.45) is 8.21. The van der Waals surface area contributed by atoms with Crippen LogP contribution in [0.5, 0.6) is 0 Å². The zero-order valence-electron chi connectivity index (χ0n) is 9.19. The molecule has 0 aromatic heterocycles. The second kappa shape index (κ2) is 5.29. The molecular formula is C12H16NO2+. The average molecular weight is 206 g/mol. The van der Waals surface area contributed by atoms with E-state index in [1.807, 2.05) is 24.8 Å². The SMILES string of the molecule is C=C(C(=O)CCC)C1=CC=[N+](C)C=CO1. The van der Waals surface area contributed by atoms with Gasteiger partial charge in [-0.1, -0.05) is 13.5 Å². The van der Waals surface area contributed by atoms with Crippen molar-refractivity contribution in [3.05, 3.63) is 36.4 Å². The first kappa shape index (κ1) is 11.4. The molecule has 0 fully saturated rings. The number of ether oxygens (including phenoxy) is 1. The Balaban J connectivity index is 2.77. The van der Waals surface area contributed by atoms with Gasteiger partial charge in [0.05, 0.1) is 5.57 Å². The highest BCUT2D eigenvalue weighted by atomic mass is 16.5. The van der Waals surface area contributed by atoms with Gasteiger partial charge in [0, 0.05) is 12.5 Å². The molecule has 0 aromatic carbocycles. The standard InChI is InChI=1S/C12H16NO2/c1-4-5-11(14)10(2)12-6-7-13(3)8-9-15-12/h6-9H,2,4-5H2,1,3H3/q+1. The van der Waals surface area contributed by atoms with Crippen molar-refractivity contribution in [1.82, 2.24) is 0 Å². The first-order valence-electron chi connectivity index (χ1n) is 4.98. The van der Waals surface area contributed by atoms with Gasteiger partial charge in [0.2, 0.25) is 6.20 Å². The van der Waals surface area contributed by atoms with Crippen LogP contribution in [0.15, 0.2) is 36.4 Å². The summed E-state index contributed by atoms with van der Waals surface area (Å²) in [5, 5.41) is 0. The van der Waals surface area contributed by atoms with Crippen LogP contribution in [0.25, 0.3) is 0 Å². The molecule has 0 bridgehead atoms. The Bertz CT molecular complexity index is 362. The summed E-state index contributed by atoms with van der Waals surface area (Å²) in [7, 11) is 1.88. The minimum absolute atomic E-state index is 0.0371. The monoisotopic (exact) mass is 206 g/mol. The minimum Gasteiger partial charge on any atom is -0.458 e. The average Bonchev–Trinajstić information content (AvgIpc) is 2.42. The van der Waals surface area contributed by atoms with Gasteiger partial charge < -0.3 is 4.74 Å². The third-order valence-electron chi connectivity index (χ3n) is 2.06. The van der Waals surface area contributed by atoms with E-state index < -0.39 is 0 Å². The van der Waals surface area contributed by atoms with E-state index in [9.17, 15) is 4.79 Å². The van der Waals surface area contributed by atoms with E-state index in [0.717, 1.165) is 6.42 Å². The molecule has 80 valence electrons. The highest BCUT2D eigenvalue weighted by Crippen LogP contribution is 2.14. The van der Waals surface area contributed by atoms with Crippen molar-refractivity contribution in [3.63, 3.8) is 0 Å². The smallest absolute Gasteiger partial charge is 0.203 e. The number of allylic oxidation sites excluding steroid dienone is 2. The van der Waals surface area contributed by atoms with Crippen LogP contribution in [0.1, 0.15) is 19.8 Å². The van der Waals surface area contributed by atoms with E-state index in [4.69, 9.17) is 4.74 Å². The highest BCUT2D eigenvalue weighted by Gasteiger charge is 2.13. The number of hydrogen-bond donors (Lipinski definition) is 0. The highest BCUT2D eigenvalue weighted by molar-refractivity contribution is 5.99. The van der Waals surface area contributed by atoms with Crippen molar-refractivity contribution in [1.29, 1.82) is 0 Å². The molecule has 0 saturated carbocycles. The van der Waals surface area contributed by atoms with Gasteiger partial charge in [-0.25, -0.2) is 4.58 Å². The molecule has 0 unspecified atom stereocenters. The molecule has 1 aliphatic heterocycles. The van der Waals surface area contributed by atoms with Gasteiger partial charge in [-0.3, -0.25) is 4.79 Å². The van der Waals surface area contributed by atoms with Crippen molar-refractivity contribution in [2.75, 3.05) is 7.05 Å². The molecule has 0 radical (unpaired) electrons. The third kappa shape index (κ3) is 3.20. The van der Waals surface area contributed by atoms with Crippen LogP contribution < -0.4 is 0 Å². The second-order valence-corrected chi connectivity index (χ2v) is 3.40. The fourth-order valence-electron chi connectivity index (χ4n) is 1.16. The Morgan fingerprint density at radius 3 is 3.00 bits per heavy atom. The predicted molar refractivity (Wildman–Crippen MR) is 59.6 cm³/mol. The quantitative estimate of drug-likeness (QED) is 0.520. The lowest BCUT2D eigenvalue weighted by Gasteiger charge is -2.05. The van der Waals surface area contributed by atoms with Crippen molar-refractivity contribution < 1.29 is 14.1 Å². The van der Waals surface area contributed by atoms with E-state index in [1.54, 1.807) is 18.5 Å². The first-order valence-corrected chi connectivity index (χ1v) is 4.98. The minimum atomic E-state index is 0.0371. The number of carbonyl (C=O) groups is 1. The van der Waals surface area contributed by atoms with E-state index in [0.29, 0.717) is 17.8 Å². The molecule has 3 nitrogen and oxygen atoms in total. The molecular weight excluding hydrogens is 190 g/mol. The fraction of sp³-hybridized carbons (Fsp3) is 0.333. The van der Waals surface area contributed by atoms with E-state index in [-0.39, 0.29) is 5.78 Å². The summed E-state index contributed by atoms with van der Waals surface area (Å²) in [5.74, 6) is 0.559. The molecule has 0 amide bonds. The van der Waals surface area contributed by atoms with Crippen LogP contribution >= 0.6 is 0 Å². The first-order chi connectivity index (χ1) is 7.15. The number of rotatable bonds is 4.